The molecule has 0 aliphatic heterocycles. The van der Waals surface area contributed by atoms with Crippen molar-refractivity contribution in [1.29, 1.82) is 0 Å². The highest BCUT2D eigenvalue weighted by molar-refractivity contribution is 6.09. The topological polar surface area (TPSA) is 76.0 Å². The number of fused-ring (bicyclic) bond motifs is 1. The molecule has 100 valence electrons. The molecule has 0 amide bonds. The van der Waals surface area contributed by atoms with Gasteiger partial charge in [-0.15, -0.1) is 0 Å². The summed E-state index contributed by atoms with van der Waals surface area (Å²) in [6.07, 6.45) is 5.01. The van der Waals surface area contributed by atoms with Crippen molar-refractivity contribution >= 4 is 22.4 Å². The van der Waals surface area contributed by atoms with Gasteiger partial charge in [0.15, 0.2) is 5.78 Å². The molecule has 2 aromatic rings. The summed E-state index contributed by atoms with van der Waals surface area (Å²) < 4.78 is 0. The number of rotatable bonds is 6. The van der Waals surface area contributed by atoms with Crippen molar-refractivity contribution < 1.29 is 9.72 Å². The lowest BCUT2D eigenvalue weighted by molar-refractivity contribution is -0.383. The van der Waals surface area contributed by atoms with Crippen LogP contribution in [0.2, 0.25) is 0 Å². The summed E-state index contributed by atoms with van der Waals surface area (Å²) in [5, 5.41) is 11.5. The molecule has 0 atom stereocenters. The van der Waals surface area contributed by atoms with Gasteiger partial charge < -0.3 is 4.98 Å². The predicted octanol–water partition coefficient (Wildman–Crippen LogP) is 3.84. The van der Waals surface area contributed by atoms with Gasteiger partial charge in [0.25, 0.3) is 5.69 Å². The van der Waals surface area contributed by atoms with Crippen LogP contribution < -0.4 is 0 Å². The third-order valence-electron chi connectivity index (χ3n) is 3.20. The van der Waals surface area contributed by atoms with Crippen molar-refractivity contribution in [2.45, 2.75) is 32.6 Å². The molecule has 2 rings (SSSR count). The molecule has 0 saturated carbocycles. The van der Waals surface area contributed by atoms with Crippen LogP contribution in [-0.2, 0) is 0 Å². The fourth-order valence-corrected chi connectivity index (χ4v) is 2.19. The average molecular weight is 260 g/mol. The number of hydrogen-bond donors (Lipinski definition) is 1. The number of aromatic nitrogens is 1. The van der Waals surface area contributed by atoms with Crippen LogP contribution in [-0.4, -0.2) is 15.7 Å². The molecule has 0 saturated heterocycles. The van der Waals surface area contributed by atoms with Gasteiger partial charge in [-0.05, 0) is 6.42 Å². The Bertz CT molecular complexity index is 616. The molecular formula is C14H16N2O3. The quantitative estimate of drug-likeness (QED) is 0.371. The molecule has 0 radical (unpaired) electrons. The number of nitrogens with one attached hydrogen (secondary N) is 1. The average Bonchev–Trinajstić information content (AvgIpc) is 2.82. The molecule has 1 aromatic heterocycles. The van der Waals surface area contributed by atoms with E-state index in [2.05, 4.69) is 11.9 Å². The van der Waals surface area contributed by atoms with Gasteiger partial charge in [0, 0.05) is 29.6 Å². The first-order valence-electron chi connectivity index (χ1n) is 6.42. The first-order chi connectivity index (χ1) is 9.15. The third kappa shape index (κ3) is 2.65. The number of unbranched alkanes of at least 4 members (excludes halogenated alkanes) is 2. The van der Waals surface area contributed by atoms with E-state index in [1.165, 1.54) is 6.07 Å². The predicted molar refractivity (Wildman–Crippen MR) is 73.4 cm³/mol. The molecule has 5 nitrogen and oxygen atoms in total. The van der Waals surface area contributed by atoms with Crippen LogP contribution in [0.15, 0.2) is 24.4 Å². The fraction of sp³-hybridized carbons (Fsp3) is 0.357. The summed E-state index contributed by atoms with van der Waals surface area (Å²) in [5.41, 5.74) is 0.978. The molecule has 0 aliphatic rings. The number of nitrogens with zero attached hydrogens (tertiary/aromatic N) is 1. The molecule has 5 heteroatoms. The lowest BCUT2D eigenvalue weighted by atomic mass is 10.0. The second-order valence-electron chi connectivity index (χ2n) is 4.54. The summed E-state index contributed by atoms with van der Waals surface area (Å²) in [4.78, 5) is 25.4. The molecule has 1 N–H and O–H groups in total. The Labute approximate surface area is 110 Å². The second kappa shape index (κ2) is 5.65. The Kier molecular flexibility index (Phi) is 3.94. The number of carbonyl (C=O) groups excluding carboxylic acids is 1. The van der Waals surface area contributed by atoms with Crippen molar-refractivity contribution in [3.63, 3.8) is 0 Å². The zero-order chi connectivity index (χ0) is 13.8. The number of ketones is 1. The molecule has 1 aromatic carbocycles. The summed E-state index contributed by atoms with van der Waals surface area (Å²) in [7, 11) is 0. The SMILES string of the molecule is CCCCCC(=O)c1c[nH]c2c([N+](=O)[O-])cccc12. The van der Waals surface area contributed by atoms with Crippen molar-refractivity contribution in [3.8, 4) is 0 Å². The van der Waals surface area contributed by atoms with Crippen molar-refractivity contribution in [3.05, 3.63) is 40.1 Å². The molecule has 0 spiro atoms. The smallest absolute Gasteiger partial charge is 0.293 e. The van der Waals surface area contributed by atoms with Gasteiger partial charge in [-0.1, -0.05) is 31.9 Å². The largest absolute Gasteiger partial charge is 0.355 e. The third-order valence-corrected chi connectivity index (χ3v) is 3.20. The fourth-order valence-electron chi connectivity index (χ4n) is 2.19. The highest BCUT2D eigenvalue weighted by Crippen LogP contribution is 2.27. The number of H-pyrrole nitrogens is 1. The minimum atomic E-state index is -0.440. The Balaban J connectivity index is 2.33. The number of benzene rings is 1. The van der Waals surface area contributed by atoms with Crippen LogP contribution in [0.25, 0.3) is 10.9 Å². The number of non-ortho nitro benzene ring substituents is 1. The molecule has 0 bridgehead atoms. The summed E-state index contributed by atoms with van der Waals surface area (Å²) in [5.74, 6) is 0.0418. The van der Waals surface area contributed by atoms with Crippen LogP contribution in [0.5, 0.6) is 0 Å². The van der Waals surface area contributed by atoms with Crippen molar-refractivity contribution in [2.24, 2.45) is 0 Å². The van der Waals surface area contributed by atoms with E-state index in [4.69, 9.17) is 0 Å². The highest BCUT2D eigenvalue weighted by Gasteiger charge is 2.18. The van der Waals surface area contributed by atoms with E-state index in [9.17, 15) is 14.9 Å². The summed E-state index contributed by atoms with van der Waals surface area (Å²) in [6, 6.07) is 4.78. The molecule has 1 heterocycles. The van der Waals surface area contributed by atoms with Gasteiger partial charge in [-0.2, -0.15) is 0 Å². The number of nitro groups is 1. The highest BCUT2D eigenvalue weighted by atomic mass is 16.6. The first kappa shape index (κ1) is 13.3. The molecule has 0 unspecified atom stereocenters. The monoisotopic (exact) mass is 260 g/mol. The van der Waals surface area contributed by atoms with E-state index in [0.717, 1.165) is 19.3 Å². The van der Waals surface area contributed by atoms with Crippen molar-refractivity contribution in [1.82, 2.24) is 4.98 Å². The second-order valence-corrected chi connectivity index (χ2v) is 4.54. The van der Waals surface area contributed by atoms with Gasteiger partial charge in [-0.3, -0.25) is 14.9 Å². The first-order valence-corrected chi connectivity index (χ1v) is 6.42. The van der Waals surface area contributed by atoms with Gasteiger partial charge in [0.05, 0.1) is 4.92 Å². The number of hydrogen-bond acceptors (Lipinski definition) is 3. The Morgan fingerprint density at radius 1 is 1.37 bits per heavy atom. The lowest BCUT2D eigenvalue weighted by Gasteiger charge is -1.99. The van der Waals surface area contributed by atoms with Crippen molar-refractivity contribution in [2.75, 3.05) is 0 Å². The molecule has 0 fully saturated rings. The van der Waals surface area contributed by atoms with E-state index in [1.807, 2.05) is 0 Å². The minimum absolute atomic E-state index is 0.00473. The summed E-state index contributed by atoms with van der Waals surface area (Å²) in [6.45, 7) is 2.08. The van der Waals surface area contributed by atoms with E-state index in [-0.39, 0.29) is 11.5 Å². The van der Waals surface area contributed by atoms with E-state index >= 15 is 0 Å². The van der Waals surface area contributed by atoms with Gasteiger partial charge >= 0.3 is 0 Å². The van der Waals surface area contributed by atoms with E-state index in [0.29, 0.717) is 22.9 Å². The van der Waals surface area contributed by atoms with Gasteiger partial charge in [-0.25, -0.2) is 0 Å². The van der Waals surface area contributed by atoms with Crippen LogP contribution in [0.3, 0.4) is 0 Å². The normalized spacial score (nSPS) is 10.8. The van der Waals surface area contributed by atoms with Crippen LogP contribution in [0, 0.1) is 10.1 Å². The minimum Gasteiger partial charge on any atom is -0.355 e. The zero-order valence-corrected chi connectivity index (χ0v) is 10.8. The number of carbonyl (C=O) groups is 1. The number of aromatic amines is 1. The maximum Gasteiger partial charge on any atom is 0.293 e. The summed E-state index contributed by atoms with van der Waals surface area (Å²) >= 11 is 0. The number of Topliss-reactive ketones (excluding diaryl/α,β-unsaturated/α-hetero) is 1. The van der Waals surface area contributed by atoms with Crippen LogP contribution in [0.4, 0.5) is 5.69 Å². The van der Waals surface area contributed by atoms with E-state index < -0.39 is 4.92 Å². The Hall–Kier alpha value is -2.17. The van der Waals surface area contributed by atoms with Gasteiger partial charge in [0.1, 0.15) is 5.52 Å². The van der Waals surface area contributed by atoms with Crippen LogP contribution in [0.1, 0.15) is 43.0 Å². The zero-order valence-electron chi connectivity index (χ0n) is 10.8. The number of nitro benzene ring substituents is 1. The maximum absolute atomic E-state index is 12.1. The lowest BCUT2D eigenvalue weighted by Crippen LogP contribution is -1.97. The number of para-hydroxylation sites is 1. The van der Waals surface area contributed by atoms with Gasteiger partial charge in [0.2, 0.25) is 0 Å². The Morgan fingerprint density at radius 2 is 2.16 bits per heavy atom. The molecule has 0 aliphatic carbocycles. The standard InChI is InChI=1S/C14H16N2O3/c1-2-3-4-8-13(17)11-9-15-14-10(11)6-5-7-12(14)16(18)19/h5-7,9,15H,2-4,8H2,1H3. The maximum atomic E-state index is 12.1. The van der Waals surface area contributed by atoms with E-state index in [1.54, 1.807) is 18.3 Å². The molecular weight excluding hydrogens is 244 g/mol. The Morgan fingerprint density at radius 3 is 2.84 bits per heavy atom. The van der Waals surface area contributed by atoms with Crippen LogP contribution >= 0.6 is 0 Å². The molecule has 19 heavy (non-hydrogen) atoms.